The maximum atomic E-state index is 11.7. The molecule has 1 N–H and O–H groups in total. The second kappa shape index (κ2) is 14.1. The van der Waals surface area contributed by atoms with Crippen LogP contribution in [0, 0.1) is 0 Å². The molecule has 0 saturated carbocycles. The Kier molecular flexibility index (Phi) is 12.9. The van der Waals surface area contributed by atoms with Crippen molar-refractivity contribution in [1.29, 1.82) is 0 Å². The van der Waals surface area contributed by atoms with Crippen molar-refractivity contribution in [3.8, 4) is 0 Å². The number of carbonyl (C=O) groups excluding carboxylic acids is 4. The number of carbonyl (C=O) groups is 4. The molecule has 0 fully saturated rings. The van der Waals surface area contributed by atoms with Crippen LogP contribution in [0.1, 0.15) is 13.8 Å². The van der Waals surface area contributed by atoms with Gasteiger partial charge in [0.1, 0.15) is 0 Å². The molecule has 0 aliphatic rings. The quantitative estimate of drug-likeness (QED) is 0.230. The molecule has 0 radical (unpaired) electrons. The smallest absolute Gasteiger partial charge is 0.323 e. The first-order valence-electron chi connectivity index (χ1n) is 7.34. The molecule has 0 aromatic heterocycles. The Balaban J connectivity index is 4.32. The van der Waals surface area contributed by atoms with E-state index in [9.17, 15) is 19.2 Å². The zero-order valence-corrected chi connectivity index (χ0v) is 14.2. The van der Waals surface area contributed by atoms with Crippen LogP contribution >= 0.6 is 0 Å². The summed E-state index contributed by atoms with van der Waals surface area (Å²) in [7, 11) is 0. The van der Waals surface area contributed by atoms with E-state index in [1.165, 1.54) is 4.90 Å². The van der Waals surface area contributed by atoms with E-state index in [2.05, 4.69) is 18.9 Å². The van der Waals surface area contributed by atoms with E-state index in [-0.39, 0.29) is 39.5 Å². The van der Waals surface area contributed by atoms with Gasteiger partial charge in [-0.05, 0) is 0 Å². The number of rotatable bonds is 13. The largest absolute Gasteiger partial charge is 0.428 e. The molecule has 0 saturated heterocycles. The number of ether oxygens (including phenoxy) is 5. The zero-order valence-electron chi connectivity index (χ0n) is 14.2. The highest BCUT2D eigenvalue weighted by Crippen LogP contribution is 1.95. The summed E-state index contributed by atoms with van der Waals surface area (Å²) in [5.41, 5.74) is 0. The average Bonchev–Trinajstić information content (AvgIpc) is 2.50. The minimum Gasteiger partial charge on any atom is -0.428 e. The molecule has 0 spiro atoms. The lowest BCUT2D eigenvalue weighted by atomic mass is 10.4. The minimum absolute atomic E-state index is 0.113. The van der Waals surface area contributed by atoms with Crippen LogP contribution in [0.5, 0.6) is 0 Å². The fraction of sp³-hybridized carbons (Fsp3) is 0.714. The molecule has 0 aromatic rings. The molecule has 0 atom stereocenters. The van der Waals surface area contributed by atoms with Crippen LogP contribution < -0.4 is 0 Å². The summed E-state index contributed by atoms with van der Waals surface area (Å²) >= 11 is 0. The Morgan fingerprint density at radius 3 is 1.68 bits per heavy atom. The van der Waals surface area contributed by atoms with E-state index >= 15 is 0 Å². The van der Waals surface area contributed by atoms with E-state index in [1.54, 1.807) is 0 Å². The predicted octanol–water partition coefficient (Wildman–Crippen LogP) is -1.58. The third-order valence-electron chi connectivity index (χ3n) is 2.46. The second-order valence-corrected chi connectivity index (χ2v) is 4.59. The standard InChI is InChI=1S/C14H23NO10/c1-11(17)22-9-24-13(19)7-15(3-5-21-6-4-16)8-14(20)25-10-23-12(2)18/h16H,3-10H2,1-2H3. The summed E-state index contributed by atoms with van der Waals surface area (Å²) in [5.74, 6) is -2.65. The summed E-state index contributed by atoms with van der Waals surface area (Å²) < 4.78 is 23.4. The van der Waals surface area contributed by atoms with Crippen molar-refractivity contribution < 1.29 is 48.0 Å². The Labute approximate surface area is 144 Å². The van der Waals surface area contributed by atoms with Crippen molar-refractivity contribution in [3.63, 3.8) is 0 Å². The Morgan fingerprint density at radius 1 is 0.800 bits per heavy atom. The third-order valence-corrected chi connectivity index (χ3v) is 2.46. The van der Waals surface area contributed by atoms with Gasteiger partial charge < -0.3 is 28.8 Å². The fourth-order valence-corrected chi connectivity index (χ4v) is 1.39. The summed E-state index contributed by atoms with van der Waals surface area (Å²) in [6.45, 7) is 0.977. The molecule has 0 aliphatic carbocycles. The van der Waals surface area contributed by atoms with Gasteiger partial charge in [0.25, 0.3) is 0 Å². The van der Waals surface area contributed by atoms with Crippen molar-refractivity contribution in [1.82, 2.24) is 4.90 Å². The molecule has 25 heavy (non-hydrogen) atoms. The van der Waals surface area contributed by atoms with E-state index in [0.717, 1.165) is 13.8 Å². The van der Waals surface area contributed by atoms with Crippen LogP contribution in [0.2, 0.25) is 0 Å². The number of nitrogens with zero attached hydrogens (tertiary/aromatic N) is 1. The molecule has 144 valence electrons. The van der Waals surface area contributed by atoms with Gasteiger partial charge in [-0.1, -0.05) is 0 Å². The van der Waals surface area contributed by atoms with Crippen LogP contribution in [-0.4, -0.2) is 86.9 Å². The van der Waals surface area contributed by atoms with Gasteiger partial charge in [-0.25, -0.2) is 0 Å². The van der Waals surface area contributed by atoms with Crippen LogP contribution in [-0.2, 0) is 42.9 Å². The maximum absolute atomic E-state index is 11.7. The highest BCUT2D eigenvalue weighted by Gasteiger charge is 2.17. The molecule has 11 nitrogen and oxygen atoms in total. The van der Waals surface area contributed by atoms with Gasteiger partial charge in [0.05, 0.1) is 32.9 Å². The molecule has 0 bridgehead atoms. The number of aliphatic hydroxyl groups is 1. The lowest BCUT2D eigenvalue weighted by molar-refractivity contribution is -0.167. The molecule has 0 amide bonds. The van der Waals surface area contributed by atoms with Gasteiger partial charge in [-0.3, -0.25) is 24.1 Å². The van der Waals surface area contributed by atoms with Crippen molar-refractivity contribution in [2.24, 2.45) is 0 Å². The van der Waals surface area contributed by atoms with Crippen LogP contribution in [0.4, 0.5) is 0 Å². The van der Waals surface area contributed by atoms with Crippen molar-refractivity contribution in [2.45, 2.75) is 13.8 Å². The maximum Gasteiger partial charge on any atom is 0.323 e. The van der Waals surface area contributed by atoms with Crippen LogP contribution in [0.15, 0.2) is 0 Å². The highest BCUT2D eigenvalue weighted by atomic mass is 16.7. The SMILES string of the molecule is CC(=O)OCOC(=O)CN(CCOCCO)CC(=O)OCOC(C)=O. The van der Waals surface area contributed by atoms with Gasteiger partial charge in [0, 0.05) is 20.4 Å². The van der Waals surface area contributed by atoms with Crippen molar-refractivity contribution in [3.05, 3.63) is 0 Å². The van der Waals surface area contributed by atoms with Gasteiger partial charge in [0.2, 0.25) is 13.6 Å². The third kappa shape index (κ3) is 15.1. The molecule has 11 heteroatoms. The average molecular weight is 365 g/mol. The molecule has 0 heterocycles. The number of esters is 4. The topological polar surface area (TPSA) is 138 Å². The number of hydrogen-bond donors (Lipinski definition) is 1. The first-order valence-corrected chi connectivity index (χ1v) is 7.34. The second-order valence-electron chi connectivity index (χ2n) is 4.59. The summed E-state index contributed by atoms with van der Waals surface area (Å²) in [6.07, 6.45) is 0. The Hall–Kier alpha value is -2.24. The monoisotopic (exact) mass is 365 g/mol. The predicted molar refractivity (Wildman–Crippen MR) is 79.8 cm³/mol. The van der Waals surface area contributed by atoms with Gasteiger partial charge in [-0.15, -0.1) is 0 Å². The van der Waals surface area contributed by atoms with E-state index in [1.807, 2.05) is 0 Å². The molecular weight excluding hydrogens is 342 g/mol. The van der Waals surface area contributed by atoms with E-state index < -0.39 is 37.5 Å². The van der Waals surface area contributed by atoms with Gasteiger partial charge in [0.15, 0.2) is 0 Å². The summed E-state index contributed by atoms with van der Waals surface area (Å²) in [4.78, 5) is 45.8. The first kappa shape index (κ1) is 22.8. The summed E-state index contributed by atoms with van der Waals surface area (Å²) in [5, 5.41) is 8.64. The molecule has 0 unspecified atom stereocenters. The number of hydrogen-bond acceptors (Lipinski definition) is 11. The Bertz CT molecular complexity index is 405. The molecule has 0 rings (SSSR count). The van der Waals surface area contributed by atoms with E-state index in [0.29, 0.717) is 0 Å². The molecular formula is C14H23NO10. The number of aliphatic hydroxyl groups excluding tert-OH is 1. The van der Waals surface area contributed by atoms with Crippen LogP contribution in [0.3, 0.4) is 0 Å². The van der Waals surface area contributed by atoms with Crippen molar-refractivity contribution in [2.75, 3.05) is 53.0 Å². The first-order chi connectivity index (χ1) is 11.8. The van der Waals surface area contributed by atoms with Crippen LogP contribution in [0.25, 0.3) is 0 Å². The van der Waals surface area contributed by atoms with Gasteiger partial charge in [-0.2, -0.15) is 0 Å². The zero-order chi connectivity index (χ0) is 19.1. The van der Waals surface area contributed by atoms with Crippen molar-refractivity contribution >= 4 is 23.9 Å². The lowest BCUT2D eigenvalue weighted by Gasteiger charge is -2.20. The fourth-order valence-electron chi connectivity index (χ4n) is 1.39. The Morgan fingerprint density at radius 2 is 1.28 bits per heavy atom. The molecule has 0 aromatic carbocycles. The molecule has 0 aliphatic heterocycles. The minimum atomic E-state index is -0.726. The normalized spacial score (nSPS) is 10.2. The van der Waals surface area contributed by atoms with Gasteiger partial charge >= 0.3 is 23.9 Å². The highest BCUT2D eigenvalue weighted by molar-refractivity contribution is 5.75. The summed E-state index contributed by atoms with van der Waals surface area (Å²) in [6, 6.07) is 0. The van der Waals surface area contributed by atoms with E-state index in [4.69, 9.17) is 9.84 Å². The lowest BCUT2D eigenvalue weighted by Crippen LogP contribution is -2.38.